The molecule has 64 nitrogen and oxygen atoms in total. The van der Waals surface area contributed by atoms with Crippen molar-refractivity contribution in [1.82, 2.24) is 31.9 Å². The number of aliphatic hydroxyl groups is 29. The number of carboxylic acids is 1. The van der Waals surface area contributed by atoms with Crippen LogP contribution in [0.2, 0.25) is 0 Å². The lowest BCUT2D eigenvalue weighted by Crippen LogP contribution is -2.72. The summed E-state index contributed by atoms with van der Waals surface area (Å²) in [7, 11) is 0. The van der Waals surface area contributed by atoms with Crippen LogP contribution in [0.3, 0.4) is 0 Å². The zero-order valence-electron chi connectivity index (χ0n) is 78.4. The monoisotopic (exact) mass is 2120 g/mol. The van der Waals surface area contributed by atoms with E-state index in [9.17, 15) is 187 Å². The average molecular weight is 2120 g/mol. The van der Waals surface area contributed by atoms with Crippen LogP contribution in [0.25, 0.3) is 0 Å². The van der Waals surface area contributed by atoms with Gasteiger partial charge in [0.15, 0.2) is 62.9 Å². The van der Waals surface area contributed by atoms with E-state index in [-0.39, 0.29) is 0 Å². The van der Waals surface area contributed by atoms with Crippen molar-refractivity contribution in [3.63, 3.8) is 0 Å². The number of aliphatic hydroxyl groups excluding tert-OH is 29. The summed E-state index contributed by atoms with van der Waals surface area (Å²) in [6.07, 6.45) is -109. The van der Waals surface area contributed by atoms with Crippen molar-refractivity contribution in [3.05, 3.63) is 0 Å². The summed E-state index contributed by atoms with van der Waals surface area (Å²) >= 11 is 0. The number of aliphatic carboxylic acids is 1. The number of ether oxygens (including phenoxy) is 21. The molecule has 11 saturated heterocycles. The van der Waals surface area contributed by atoms with Crippen molar-refractivity contribution in [2.75, 3.05) is 66.1 Å². The maximum absolute atomic E-state index is 13.6. The van der Waals surface area contributed by atoms with Gasteiger partial charge in [-0.05, 0) is 6.92 Å². The summed E-state index contributed by atoms with van der Waals surface area (Å²) in [6.45, 7) is -5.28. The molecule has 145 heavy (non-hydrogen) atoms. The number of carbonyl (C=O) groups is 7. The van der Waals surface area contributed by atoms with Gasteiger partial charge < -0.3 is 285 Å². The van der Waals surface area contributed by atoms with Crippen molar-refractivity contribution in [1.29, 1.82) is 0 Å². The molecule has 0 aromatic carbocycles. The molecule has 836 valence electrons. The van der Waals surface area contributed by atoms with Crippen molar-refractivity contribution in [2.45, 2.75) is 398 Å². The molecule has 36 N–H and O–H groups in total. The fraction of sp³-hybridized carbons (Fsp3) is 0.914. The van der Waals surface area contributed by atoms with Gasteiger partial charge in [-0.1, -0.05) is 0 Å². The van der Waals surface area contributed by atoms with Gasteiger partial charge in [-0.15, -0.1) is 0 Å². The van der Waals surface area contributed by atoms with Crippen LogP contribution >= 0.6 is 0 Å². The second kappa shape index (κ2) is 51.8. The predicted molar refractivity (Wildman–Crippen MR) is 448 cm³/mol. The molecule has 0 aliphatic carbocycles. The van der Waals surface area contributed by atoms with Crippen LogP contribution in [0.15, 0.2) is 0 Å². The highest BCUT2D eigenvalue weighted by molar-refractivity contribution is 5.77. The van der Waals surface area contributed by atoms with E-state index in [0.717, 1.165) is 41.5 Å². The van der Waals surface area contributed by atoms with Gasteiger partial charge in [0.25, 0.3) is 5.79 Å². The lowest BCUT2D eigenvalue weighted by molar-refractivity contribution is -0.400. The standard InChI is InChI=1S/C81H134N6O58/c1-19-43(104)55(116)58(119)75(127-19)125-18-36-63(52(113)38(70(122)128-36)83-21(3)97)138-72-40(85-23(5)99)54(115)62(34(16-95)134-72)139-76-59(120)66(50(111)35(136-76)17-126-78-68(56(117)46(107)29(11-90)132-78)142-73-41(86-24(6)100)53(114)61(33(15-94)135-73)137-71-39(84-22(4)98)51(112)45(106)28(10-89)129-71)141-79-69(57(118)47(108)30(12-91)133-79)143-74-42(87-25(7)101)64(48(109)31(13-92)130-74)140-77-60(121)67(49(110)32(14-93)131-77)145-81(80(123)124)8-26(102)37(82-20(2)96)65(144-81)44(105)27(103)9-88/h19,26-79,88-95,102-122H,8-18H2,1-7H3,(H,82,96)(H,83,97)(H,84,98)(H,85,99)(H,86,100)(H,87,101)(H,123,124)/t19-,26-,27+,28+,29+,30+,31+,32+,33+,34+,35+,36+,37+,38+,39+,40+,41+,42+,43+,44+,45-,46+,47+,48+,49-,50+,51+,52+,53+,54+,55+,56-,57-,58-,59-,60+,61+,62+,63+,64+,65+,66-,67-,68-,69-,70?,71-,72-,73-,74-,75+,76-,77-,78-,79+,81-/m0/s1. The summed E-state index contributed by atoms with van der Waals surface area (Å²) in [5, 5.41) is 355. The van der Waals surface area contributed by atoms with E-state index in [4.69, 9.17) is 99.5 Å². The van der Waals surface area contributed by atoms with Gasteiger partial charge in [0.2, 0.25) is 35.4 Å². The lowest BCUT2D eigenvalue weighted by Gasteiger charge is -2.52. The van der Waals surface area contributed by atoms with Crippen LogP contribution in [0.1, 0.15) is 54.9 Å². The highest BCUT2D eigenvalue weighted by atomic mass is 16.8. The van der Waals surface area contributed by atoms with Crippen LogP contribution in [0.4, 0.5) is 0 Å². The van der Waals surface area contributed by atoms with Crippen LogP contribution in [0.5, 0.6) is 0 Å². The number of amides is 6. The van der Waals surface area contributed by atoms with Gasteiger partial charge in [-0.2, -0.15) is 0 Å². The van der Waals surface area contributed by atoms with E-state index in [1.165, 1.54) is 6.92 Å². The lowest BCUT2D eigenvalue weighted by atomic mass is 9.88. The van der Waals surface area contributed by atoms with E-state index in [0.29, 0.717) is 0 Å². The highest BCUT2D eigenvalue weighted by Gasteiger charge is 2.65. The highest BCUT2D eigenvalue weighted by Crippen LogP contribution is 2.44. The molecule has 11 heterocycles. The van der Waals surface area contributed by atoms with Crippen molar-refractivity contribution in [3.8, 4) is 0 Å². The normalized spacial score (nSPS) is 47.2. The molecular weight excluding hydrogens is 1980 g/mol. The number of carbonyl (C=O) groups excluding carboxylic acids is 6. The van der Waals surface area contributed by atoms with Crippen molar-refractivity contribution < 1.29 is 286 Å². The molecule has 0 bridgehead atoms. The Morgan fingerprint density at radius 1 is 0.297 bits per heavy atom. The Labute approximate surface area is 821 Å². The minimum Gasteiger partial charge on any atom is -0.477 e. The summed E-state index contributed by atoms with van der Waals surface area (Å²) < 4.78 is 126. The first-order chi connectivity index (χ1) is 68.4. The zero-order chi connectivity index (χ0) is 107. The molecule has 64 heteroatoms. The first-order valence-corrected chi connectivity index (χ1v) is 46.1. The Bertz CT molecular complexity index is 4150. The Morgan fingerprint density at radius 2 is 0.628 bits per heavy atom. The van der Waals surface area contributed by atoms with Crippen molar-refractivity contribution >= 4 is 41.4 Å². The third-order valence-electron chi connectivity index (χ3n) is 26.3. The fourth-order valence-electron chi connectivity index (χ4n) is 18.8. The molecule has 11 aliphatic rings. The SMILES string of the molecule is CC(=O)N[C@H]1[C@H](O[C@H]2[C@H](O)[C@@H](NC(C)=O)C(O)O[C@@H]2CO[C@@H]2O[C@@H](C)[C@@H](O)[C@@H](O)[C@@H]2O)O[C@H](CO)[C@@H](O[C@@H]2O[C@H](CO[C@H]3O[C@H](CO)[C@@H](O)[C@H](O)[C@@H]3O[C@@H]3O[C@H](CO)[C@@H](O[C@@H]4O[C@H](CO)[C@H](O)[C@H](O)[C@H]4NC(C)=O)[C@H](O)[C@H]3NC(C)=O)[C@@H](O)[C@H](O[C@H]3O[C@H](CO)[C@@H](O)[C@H](O)[C@@H]3O[C@@H]3O[C@H](CO)[C@@H](O)[C@H](O[C@@H]4O[C@H](CO)[C@H](O)[C@H](O[C@]5(C(=O)O)C[C@H](O)[C@@H](NC(C)=O)[C@H]([C@H](O)[C@H](O)CO)O5)[C@H]4O)[C@H]3NC(C)=O)[C@@H]2O)[C@@H]1O. The first kappa shape index (κ1) is 120. The number of hydrogen-bond acceptors (Lipinski definition) is 57. The zero-order valence-corrected chi connectivity index (χ0v) is 78.4. The van der Waals surface area contributed by atoms with Gasteiger partial charge >= 0.3 is 5.97 Å². The summed E-state index contributed by atoms with van der Waals surface area (Å²) in [4.78, 5) is 90.9. The Hall–Kier alpha value is -5.71. The van der Waals surface area contributed by atoms with Crippen LogP contribution in [0, 0.1) is 0 Å². The molecule has 0 spiro atoms. The summed E-state index contributed by atoms with van der Waals surface area (Å²) in [5.74, 6) is -11.4. The van der Waals surface area contributed by atoms with E-state index in [1.807, 2.05) is 0 Å². The third kappa shape index (κ3) is 26.9. The summed E-state index contributed by atoms with van der Waals surface area (Å²) in [5.41, 5.74) is 0. The molecule has 0 aromatic heterocycles. The third-order valence-corrected chi connectivity index (χ3v) is 26.3. The average Bonchev–Trinajstić information content (AvgIpc) is 0.744. The Balaban J connectivity index is 0.942. The van der Waals surface area contributed by atoms with E-state index >= 15 is 0 Å². The second-order valence-corrected chi connectivity index (χ2v) is 36.7. The molecule has 11 aliphatic heterocycles. The minimum absolute atomic E-state index is 0.826. The van der Waals surface area contributed by atoms with Crippen molar-refractivity contribution in [2.24, 2.45) is 0 Å². The van der Waals surface area contributed by atoms with Crippen LogP contribution in [-0.2, 0) is 133 Å². The van der Waals surface area contributed by atoms with Gasteiger partial charge in [0.05, 0.1) is 84.3 Å². The number of nitrogens with one attached hydrogen (secondary N) is 6. The molecule has 11 rings (SSSR count). The van der Waals surface area contributed by atoms with Gasteiger partial charge in [-0.3, -0.25) is 28.8 Å². The topological polar surface area (TPSA) is 992 Å². The number of hydrogen-bond donors (Lipinski definition) is 36. The Kier molecular flexibility index (Phi) is 42.7. The maximum Gasteiger partial charge on any atom is 0.364 e. The van der Waals surface area contributed by atoms with E-state index in [2.05, 4.69) is 31.9 Å². The fourth-order valence-corrected chi connectivity index (χ4v) is 18.8. The minimum atomic E-state index is -3.39. The van der Waals surface area contributed by atoms with E-state index < -0.39 is 457 Å². The molecular formula is C81H134N6O58. The first-order valence-electron chi connectivity index (χ1n) is 46.1. The second-order valence-electron chi connectivity index (χ2n) is 36.7. The van der Waals surface area contributed by atoms with Gasteiger partial charge in [0, 0.05) is 48.0 Å². The van der Waals surface area contributed by atoms with Gasteiger partial charge in [-0.25, -0.2) is 4.79 Å². The van der Waals surface area contributed by atoms with Gasteiger partial charge in [0.1, 0.15) is 256 Å². The summed E-state index contributed by atoms with van der Waals surface area (Å²) in [6, 6.07) is -11.6. The quantitative estimate of drug-likeness (QED) is 0.0272. The van der Waals surface area contributed by atoms with Crippen LogP contribution < -0.4 is 31.9 Å². The van der Waals surface area contributed by atoms with E-state index in [1.54, 1.807) is 0 Å². The molecule has 1 unspecified atom stereocenters. The number of carboxylic acid groups (broad SMARTS) is 1. The largest absolute Gasteiger partial charge is 0.477 e. The molecule has 56 atom stereocenters. The molecule has 11 fully saturated rings. The molecule has 6 amide bonds. The molecule has 0 saturated carbocycles. The van der Waals surface area contributed by atoms with Crippen LogP contribution in [-0.4, -0.2) is 604 Å². The smallest absolute Gasteiger partial charge is 0.364 e. The number of rotatable bonds is 39. The molecule has 0 radical (unpaired) electrons. The molecule has 0 aromatic rings. The predicted octanol–water partition coefficient (Wildman–Crippen LogP) is -23.9. The maximum atomic E-state index is 13.6. The Morgan fingerprint density at radius 3 is 1.10 bits per heavy atom.